The number of carboxylic acids is 1. The lowest BCUT2D eigenvalue weighted by molar-refractivity contribution is -0.147. The molecule has 0 radical (unpaired) electrons. The Bertz CT molecular complexity index is 1140. The maximum absolute atomic E-state index is 12.3. The molecule has 3 atom stereocenters. The van der Waals surface area contributed by atoms with Crippen molar-refractivity contribution >= 4 is 25.7 Å². The van der Waals surface area contributed by atoms with Gasteiger partial charge in [-0.2, -0.15) is 0 Å². The van der Waals surface area contributed by atoms with Crippen LogP contribution in [0.3, 0.4) is 0 Å². The topological polar surface area (TPSA) is 169 Å². The zero-order valence-electron chi connectivity index (χ0n) is 37.3. The van der Waals surface area contributed by atoms with Gasteiger partial charge in [-0.1, -0.05) is 166 Å². The number of carbonyl (C=O) groups excluding carboxylic acids is 2. The summed E-state index contributed by atoms with van der Waals surface area (Å²) in [4.78, 5) is 46.0. The number of ether oxygens (including phenoxy) is 1. The highest BCUT2D eigenvalue weighted by atomic mass is 31.2. The molecular weight excluding hydrogens is 769 g/mol. The number of phosphoric acid groups is 1. The molecule has 0 saturated heterocycles. The molecule has 4 N–H and O–H groups in total. The molecule has 12 heteroatoms. The van der Waals surface area contributed by atoms with Crippen molar-refractivity contribution in [3.63, 3.8) is 0 Å². The second-order valence-corrected chi connectivity index (χ2v) is 17.4. The lowest BCUT2D eigenvalue weighted by atomic mass is 10.1. The standard InChI is InChI=1S/C47H86NO10P/c1-3-5-7-9-11-13-15-17-19-21-22-23-25-27-29-31-33-35-37-39-46(51)56-40-43(49)41-57-59(54,55)58-42-44(47(52)53)48-45(50)38-36-34-32-30-28-26-24-20-18-16-14-12-10-8-6-4-2/h14,16-17,19-20,24,43-44,49H,3-13,15,18,21-23,25-42H2,1-2H3,(H,48,50)(H,52,53)(H,54,55)/b16-14-,19-17+,24-20-. The summed E-state index contributed by atoms with van der Waals surface area (Å²) in [5.74, 6) is -2.39. The van der Waals surface area contributed by atoms with E-state index in [0.29, 0.717) is 12.8 Å². The lowest BCUT2D eigenvalue weighted by Gasteiger charge is -2.18. The quantitative estimate of drug-likeness (QED) is 0.0200. The van der Waals surface area contributed by atoms with Crippen molar-refractivity contribution in [2.24, 2.45) is 0 Å². The van der Waals surface area contributed by atoms with Crippen LogP contribution in [-0.2, 0) is 32.7 Å². The van der Waals surface area contributed by atoms with Gasteiger partial charge in [-0.3, -0.25) is 18.6 Å². The van der Waals surface area contributed by atoms with E-state index in [1.165, 1.54) is 109 Å². The molecule has 0 aliphatic heterocycles. The summed E-state index contributed by atoms with van der Waals surface area (Å²) < 4.78 is 26.9. The number of unbranched alkanes of at least 4 members (excludes halogenated alkanes) is 24. The van der Waals surface area contributed by atoms with Gasteiger partial charge < -0.3 is 25.2 Å². The van der Waals surface area contributed by atoms with E-state index in [9.17, 15) is 34.1 Å². The predicted molar refractivity (Wildman–Crippen MR) is 240 cm³/mol. The summed E-state index contributed by atoms with van der Waals surface area (Å²) in [6.45, 7) is 2.57. The molecule has 0 heterocycles. The number of amides is 1. The lowest BCUT2D eigenvalue weighted by Crippen LogP contribution is -2.43. The van der Waals surface area contributed by atoms with E-state index >= 15 is 0 Å². The molecule has 0 spiro atoms. The highest BCUT2D eigenvalue weighted by molar-refractivity contribution is 7.47. The van der Waals surface area contributed by atoms with Crippen LogP contribution in [0.25, 0.3) is 0 Å². The first-order valence-electron chi connectivity index (χ1n) is 23.5. The van der Waals surface area contributed by atoms with Gasteiger partial charge in [-0.05, 0) is 70.6 Å². The Hall–Kier alpha value is -2.30. The van der Waals surface area contributed by atoms with Crippen LogP contribution >= 0.6 is 7.82 Å². The molecule has 344 valence electrons. The van der Waals surface area contributed by atoms with E-state index in [0.717, 1.165) is 64.2 Å². The summed E-state index contributed by atoms with van der Waals surface area (Å²) in [6.07, 6.45) is 45.9. The first-order valence-corrected chi connectivity index (χ1v) is 25.0. The molecule has 3 unspecified atom stereocenters. The van der Waals surface area contributed by atoms with Crippen molar-refractivity contribution in [3.05, 3.63) is 36.5 Å². The number of aliphatic hydroxyl groups is 1. The fourth-order valence-corrected chi connectivity index (χ4v) is 7.23. The Morgan fingerprint density at radius 2 is 0.932 bits per heavy atom. The first-order chi connectivity index (χ1) is 28.6. The minimum atomic E-state index is -4.76. The molecule has 0 fully saturated rings. The number of rotatable bonds is 44. The Morgan fingerprint density at radius 3 is 1.41 bits per heavy atom. The summed E-state index contributed by atoms with van der Waals surface area (Å²) in [5, 5.41) is 21.9. The van der Waals surface area contributed by atoms with Crippen molar-refractivity contribution in [2.45, 2.75) is 225 Å². The van der Waals surface area contributed by atoms with Gasteiger partial charge in [-0.25, -0.2) is 9.36 Å². The van der Waals surface area contributed by atoms with Crippen molar-refractivity contribution in [1.29, 1.82) is 0 Å². The Kier molecular flexibility index (Phi) is 40.7. The number of hydrogen-bond donors (Lipinski definition) is 4. The summed E-state index contributed by atoms with van der Waals surface area (Å²) in [6, 6.07) is -1.55. The van der Waals surface area contributed by atoms with Gasteiger partial charge in [0.2, 0.25) is 5.91 Å². The number of hydrogen-bond acceptors (Lipinski definition) is 8. The highest BCUT2D eigenvalue weighted by Crippen LogP contribution is 2.43. The number of carboxylic acid groups (broad SMARTS) is 1. The van der Waals surface area contributed by atoms with E-state index in [-0.39, 0.29) is 12.8 Å². The molecule has 0 aromatic carbocycles. The van der Waals surface area contributed by atoms with E-state index in [4.69, 9.17) is 13.8 Å². The molecule has 0 aromatic rings. The van der Waals surface area contributed by atoms with Gasteiger partial charge in [0.15, 0.2) is 6.04 Å². The Balaban J connectivity index is 3.88. The molecule has 0 bridgehead atoms. The molecule has 0 aliphatic carbocycles. The third-order valence-corrected chi connectivity index (χ3v) is 11.1. The van der Waals surface area contributed by atoms with E-state index in [1.54, 1.807) is 0 Å². The number of allylic oxidation sites excluding steroid dienone is 6. The Labute approximate surface area is 359 Å². The second kappa shape index (κ2) is 42.4. The van der Waals surface area contributed by atoms with E-state index in [1.807, 2.05) is 0 Å². The van der Waals surface area contributed by atoms with Gasteiger partial charge >= 0.3 is 19.8 Å². The van der Waals surface area contributed by atoms with Crippen molar-refractivity contribution in [1.82, 2.24) is 5.32 Å². The van der Waals surface area contributed by atoms with Crippen LogP contribution in [0.2, 0.25) is 0 Å². The summed E-state index contributed by atoms with van der Waals surface area (Å²) in [7, 11) is -4.76. The molecular formula is C47H86NO10P. The fraction of sp³-hybridized carbons (Fsp3) is 0.809. The number of aliphatic carboxylic acids is 1. The van der Waals surface area contributed by atoms with Crippen LogP contribution in [-0.4, -0.2) is 64.9 Å². The number of esters is 1. The monoisotopic (exact) mass is 856 g/mol. The molecule has 0 rings (SSSR count). The van der Waals surface area contributed by atoms with Crippen molar-refractivity contribution < 1.29 is 47.8 Å². The molecule has 59 heavy (non-hydrogen) atoms. The highest BCUT2D eigenvalue weighted by Gasteiger charge is 2.28. The first kappa shape index (κ1) is 56.7. The molecule has 0 saturated carbocycles. The van der Waals surface area contributed by atoms with Crippen LogP contribution in [0.5, 0.6) is 0 Å². The summed E-state index contributed by atoms with van der Waals surface area (Å²) >= 11 is 0. The van der Waals surface area contributed by atoms with E-state index < -0.39 is 57.6 Å². The van der Waals surface area contributed by atoms with Gasteiger partial charge in [0.1, 0.15) is 12.7 Å². The van der Waals surface area contributed by atoms with Crippen LogP contribution in [0.1, 0.15) is 213 Å². The number of carbonyl (C=O) groups is 3. The average Bonchev–Trinajstić information content (AvgIpc) is 3.21. The third kappa shape index (κ3) is 42.2. The average molecular weight is 856 g/mol. The van der Waals surface area contributed by atoms with Gasteiger partial charge in [0, 0.05) is 12.8 Å². The van der Waals surface area contributed by atoms with Crippen LogP contribution in [0.15, 0.2) is 36.5 Å². The van der Waals surface area contributed by atoms with Crippen molar-refractivity contribution in [2.75, 3.05) is 19.8 Å². The normalized spacial score (nSPS) is 14.0. The zero-order valence-corrected chi connectivity index (χ0v) is 38.2. The Morgan fingerprint density at radius 1 is 0.542 bits per heavy atom. The number of nitrogens with one attached hydrogen (secondary N) is 1. The second-order valence-electron chi connectivity index (χ2n) is 15.9. The van der Waals surface area contributed by atoms with E-state index in [2.05, 4.69) is 55.6 Å². The minimum absolute atomic E-state index is 0.130. The third-order valence-electron chi connectivity index (χ3n) is 10.2. The zero-order chi connectivity index (χ0) is 43.5. The van der Waals surface area contributed by atoms with Crippen molar-refractivity contribution in [3.8, 4) is 0 Å². The minimum Gasteiger partial charge on any atom is -0.480 e. The molecule has 0 aliphatic rings. The number of phosphoric ester groups is 1. The van der Waals surface area contributed by atoms with Crippen LogP contribution < -0.4 is 5.32 Å². The molecule has 11 nitrogen and oxygen atoms in total. The van der Waals surface area contributed by atoms with Crippen LogP contribution in [0, 0.1) is 0 Å². The largest absolute Gasteiger partial charge is 0.480 e. The maximum Gasteiger partial charge on any atom is 0.472 e. The van der Waals surface area contributed by atoms with Gasteiger partial charge in [0.25, 0.3) is 0 Å². The maximum atomic E-state index is 12.3. The summed E-state index contributed by atoms with van der Waals surface area (Å²) in [5.41, 5.74) is 0. The predicted octanol–water partition coefficient (Wildman–Crippen LogP) is 12.4. The smallest absolute Gasteiger partial charge is 0.472 e. The van der Waals surface area contributed by atoms with Gasteiger partial charge in [0.05, 0.1) is 13.2 Å². The fourth-order valence-electron chi connectivity index (χ4n) is 6.46. The molecule has 1 amide bonds. The SMILES string of the molecule is CCCCCC/C=C\C/C=C\CCCCCCCC(=O)NC(COP(=O)(O)OCC(O)COC(=O)CCCCCCCCCCC/C=C/CCCCCCCC)C(=O)O. The van der Waals surface area contributed by atoms with Crippen LogP contribution in [0.4, 0.5) is 0 Å². The van der Waals surface area contributed by atoms with Gasteiger partial charge in [-0.15, -0.1) is 0 Å². The molecule has 0 aromatic heterocycles. The number of aliphatic hydroxyl groups excluding tert-OH is 1.